The Hall–Kier alpha value is -1.76. The third kappa shape index (κ3) is 2.63. The molecule has 0 atom stereocenters. The summed E-state index contributed by atoms with van der Waals surface area (Å²) in [6.45, 7) is 3.26. The van der Waals surface area contributed by atoms with Gasteiger partial charge in [0.15, 0.2) is 5.82 Å². The fourth-order valence-corrected chi connectivity index (χ4v) is 1.32. The molecular formula is C9H14N6O. The molecule has 0 unspecified atom stereocenters. The molecule has 7 heteroatoms. The molecule has 0 radical (unpaired) electrons. The first-order chi connectivity index (χ1) is 7.75. The number of hydrogen-bond donors (Lipinski definition) is 1. The van der Waals surface area contributed by atoms with Gasteiger partial charge >= 0.3 is 0 Å². The Morgan fingerprint density at radius 2 is 2.38 bits per heavy atom. The Labute approximate surface area is 92.9 Å². The van der Waals surface area contributed by atoms with E-state index in [-0.39, 0.29) is 0 Å². The van der Waals surface area contributed by atoms with Crippen LogP contribution in [-0.4, -0.2) is 31.4 Å². The lowest BCUT2D eigenvalue weighted by Gasteiger charge is -2.01. The second-order valence-electron chi connectivity index (χ2n) is 3.46. The fraction of sp³-hybridized carbons (Fsp3) is 0.556. The molecule has 0 aliphatic rings. The maximum atomic E-state index is 4.99. The molecule has 0 amide bonds. The summed E-state index contributed by atoms with van der Waals surface area (Å²) in [6.07, 6.45) is 2.26. The van der Waals surface area contributed by atoms with Gasteiger partial charge in [0, 0.05) is 20.0 Å². The van der Waals surface area contributed by atoms with E-state index >= 15 is 0 Å². The summed E-state index contributed by atoms with van der Waals surface area (Å²) in [5.41, 5.74) is 0. The van der Waals surface area contributed by atoms with Crippen LogP contribution in [0.4, 0.5) is 0 Å². The fourth-order valence-electron chi connectivity index (χ4n) is 1.32. The van der Waals surface area contributed by atoms with E-state index in [0.717, 1.165) is 18.8 Å². The summed E-state index contributed by atoms with van der Waals surface area (Å²) < 4.78 is 6.73. The molecular weight excluding hydrogens is 208 g/mol. The highest BCUT2D eigenvalue weighted by Crippen LogP contribution is 1.96. The zero-order valence-corrected chi connectivity index (χ0v) is 9.34. The molecule has 0 aliphatic carbocycles. The van der Waals surface area contributed by atoms with E-state index < -0.39 is 0 Å². The first kappa shape index (κ1) is 10.7. The van der Waals surface area contributed by atoms with Gasteiger partial charge in [-0.1, -0.05) is 5.16 Å². The zero-order chi connectivity index (χ0) is 11.4. The predicted octanol–water partition coefficient (Wildman–Crippen LogP) is -0.161. The molecule has 1 N–H and O–H groups in total. The Morgan fingerprint density at radius 3 is 3.00 bits per heavy atom. The van der Waals surface area contributed by atoms with Crippen molar-refractivity contribution in [3.8, 4) is 0 Å². The topological polar surface area (TPSA) is 81.7 Å². The summed E-state index contributed by atoms with van der Waals surface area (Å²) in [5.74, 6) is 2.23. The molecule has 0 spiro atoms. The maximum Gasteiger partial charge on any atom is 0.227 e. The zero-order valence-electron chi connectivity index (χ0n) is 9.34. The monoisotopic (exact) mass is 222 g/mol. The lowest BCUT2D eigenvalue weighted by Crippen LogP contribution is -2.19. The average molecular weight is 222 g/mol. The third-order valence-electron chi connectivity index (χ3n) is 2.17. The molecule has 86 valence electrons. The van der Waals surface area contributed by atoms with Crippen molar-refractivity contribution in [1.82, 2.24) is 30.2 Å². The van der Waals surface area contributed by atoms with Gasteiger partial charge in [0.1, 0.15) is 12.2 Å². The molecule has 0 fully saturated rings. The van der Waals surface area contributed by atoms with Crippen molar-refractivity contribution in [1.29, 1.82) is 0 Å². The average Bonchev–Trinajstić information content (AvgIpc) is 2.83. The Balaban J connectivity index is 1.71. The van der Waals surface area contributed by atoms with Crippen LogP contribution < -0.4 is 5.32 Å². The van der Waals surface area contributed by atoms with Gasteiger partial charge in [0.25, 0.3) is 0 Å². The van der Waals surface area contributed by atoms with Gasteiger partial charge < -0.3 is 9.84 Å². The van der Waals surface area contributed by atoms with Gasteiger partial charge in [-0.2, -0.15) is 10.1 Å². The van der Waals surface area contributed by atoms with Crippen LogP contribution >= 0.6 is 0 Å². The Bertz CT molecular complexity index is 448. The summed E-state index contributed by atoms with van der Waals surface area (Å²) in [7, 11) is 1.87. The van der Waals surface area contributed by atoms with E-state index in [1.54, 1.807) is 17.9 Å². The van der Waals surface area contributed by atoms with Crippen molar-refractivity contribution in [3.63, 3.8) is 0 Å². The van der Waals surface area contributed by atoms with Gasteiger partial charge in [-0.05, 0) is 6.92 Å². The SMILES string of the molecule is Cc1noc(CCNCc2ncnn2C)n1. The van der Waals surface area contributed by atoms with Crippen LogP contribution in [0.2, 0.25) is 0 Å². The van der Waals surface area contributed by atoms with E-state index in [1.165, 1.54) is 0 Å². The first-order valence-corrected chi connectivity index (χ1v) is 5.08. The van der Waals surface area contributed by atoms with Crippen molar-refractivity contribution in [2.24, 2.45) is 7.05 Å². The molecule has 2 aromatic heterocycles. The molecule has 0 saturated carbocycles. The van der Waals surface area contributed by atoms with Gasteiger partial charge in [-0.25, -0.2) is 4.98 Å². The number of aryl methyl sites for hydroxylation is 2. The highest BCUT2D eigenvalue weighted by molar-refractivity contribution is 4.85. The van der Waals surface area contributed by atoms with Gasteiger partial charge in [0.05, 0.1) is 6.54 Å². The smallest absolute Gasteiger partial charge is 0.227 e. The van der Waals surface area contributed by atoms with Gasteiger partial charge in [0.2, 0.25) is 5.89 Å². The van der Waals surface area contributed by atoms with Crippen LogP contribution in [0.1, 0.15) is 17.5 Å². The van der Waals surface area contributed by atoms with Crippen molar-refractivity contribution in [2.75, 3.05) is 6.54 Å². The number of aromatic nitrogens is 5. The summed E-state index contributed by atoms with van der Waals surface area (Å²) >= 11 is 0. The lowest BCUT2D eigenvalue weighted by atomic mass is 10.4. The van der Waals surface area contributed by atoms with Gasteiger partial charge in [-0.3, -0.25) is 4.68 Å². The second-order valence-corrected chi connectivity index (χ2v) is 3.46. The van der Waals surface area contributed by atoms with Crippen molar-refractivity contribution >= 4 is 0 Å². The molecule has 0 aromatic carbocycles. The summed E-state index contributed by atoms with van der Waals surface area (Å²) in [5, 5.41) is 10.9. The quantitative estimate of drug-likeness (QED) is 0.708. The van der Waals surface area contributed by atoms with Crippen LogP contribution in [0, 0.1) is 6.92 Å². The molecule has 2 heterocycles. The lowest BCUT2D eigenvalue weighted by molar-refractivity contribution is 0.372. The van der Waals surface area contributed by atoms with Crippen LogP contribution in [0.25, 0.3) is 0 Å². The molecule has 16 heavy (non-hydrogen) atoms. The third-order valence-corrected chi connectivity index (χ3v) is 2.17. The standard InChI is InChI=1S/C9H14N6O/c1-7-13-9(16-14-7)3-4-10-5-8-11-6-12-15(8)2/h6,10H,3-5H2,1-2H3. The summed E-state index contributed by atoms with van der Waals surface area (Å²) in [6, 6.07) is 0. The highest BCUT2D eigenvalue weighted by Gasteiger charge is 2.03. The van der Waals surface area contributed by atoms with Crippen LogP contribution in [0.3, 0.4) is 0 Å². The van der Waals surface area contributed by atoms with E-state index in [4.69, 9.17) is 4.52 Å². The van der Waals surface area contributed by atoms with E-state index in [9.17, 15) is 0 Å². The second kappa shape index (κ2) is 4.84. The molecule has 0 aliphatic heterocycles. The molecule has 2 aromatic rings. The highest BCUT2D eigenvalue weighted by atomic mass is 16.5. The largest absolute Gasteiger partial charge is 0.339 e. The van der Waals surface area contributed by atoms with E-state index in [2.05, 4.69) is 25.5 Å². The predicted molar refractivity (Wildman–Crippen MR) is 55.4 cm³/mol. The first-order valence-electron chi connectivity index (χ1n) is 5.08. The minimum atomic E-state index is 0.656. The normalized spacial score (nSPS) is 10.9. The van der Waals surface area contributed by atoms with Crippen molar-refractivity contribution in [3.05, 3.63) is 23.9 Å². The van der Waals surface area contributed by atoms with E-state index in [1.807, 2.05) is 7.05 Å². The van der Waals surface area contributed by atoms with Crippen LogP contribution in [0.15, 0.2) is 10.9 Å². The summed E-state index contributed by atoms with van der Waals surface area (Å²) in [4.78, 5) is 8.21. The maximum absolute atomic E-state index is 4.99. The number of rotatable bonds is 5. The molecule has 0 saturated heterocycles. The minimum absolute atomic E-state index is 0.656. The molecule has 2 rings (SSSR count). The molecule has 7 nitrogen and oxygen atoms in total. The number of nitrogens with one attached hydrogen (secondary N) is 1. The van der Waals surface area contributed by atoms with Gasteiger partial charge in [-0.15, -0.1) is 0 Å². The number of nitrogens with zero attached hydrogens (tertiary/aromatic N) is 5. The van der Waals surface area contributed by atoms with Crippen molar-refractivity contribution < 1.29 is 4.52 Å². The number of hydrogen-bond acceptors (Lipinski definition) is 6. The van der Waals surface area contributed by atoms with Crippen LogP contribution in [-0.2, 0) is 20.0 Å². The molecule has 0 bridgehead atoms. The van der Waals surface area contributed by atoms with Crippen molar-refractivity contribution in [2.45, 2.75) is 19.9 Å². The Morgan fingerprint density at radius 1 is 1.50 bits per heavy atom. The van der Waals surface area contributed by atoms with E-state index in [0.29, 0.717) is 18.3 Å². The Kier molecular flexibility index (Phi) is 3.25. The minimum Gasteiger partial charge on any atom is -0.339 e. The van der Waals surface area contributed by atoms with Crippen LogP contribution in [0.5, 0.6) is 0 Å².